The molecule has 0 fully saturated rings. The van der Waals surface area contributed by atoms with Crippen molar-refractivity contribution in [1.82, 2.24) is 21.3 Å². The van der Waals surface area contributed by atoms with Gasteiger partial charge in [-0.15, -0.1) is 13.2 Å². The Morgan fingerprint density at radius 1 is 0.841 bits per heavy atom. The number of alkyl halides is 3. The maximum absolute atomic E-state index is 14.1. The van der Waals surface area contributed by atoms with Crippen LogP contribution in [0.2, 0.25) is 0 Å². The first kappa shape index (κ1) is 35.6. The molecule has 0 heterocycles. The third-order valence-electron chi connectivity index (χ3n) is 6.15. The topological polar surface area (TPSA) is 144 Å². The summed E-state index contributed by atoms with van der Waals surface area (Å²) >= 11 is 0. The molecule has 0 saturated carbocycles. The molecule has 0 aliphatic heterocycles. The van der Waals surface area contributed by atoms with Gasteiger partial charge in [-0.05, 0) is 54.7 Å². The average molecular weight is 629 g/mol. The number of carbonyl (C=O) groups excluding carboxylic acids is 4. The van der Waals surface area contributed by atoms with Gasteiger partial charge >= 0.3 is 12.4 Å². The van der Waals surface area contributed by atoms with Crippen LogP contribution < -0.4 is 35.5 Å². The van der Waals surface area contributed by atoms with E-state index in [1.165, 1.54) is 14.2 Å². The fraction of sp³-hybridized carbons (Fsp3) is 0.448. The summed E-state index contributed by atoms with van der Waals surface area (Å²) in [6.07, 6.45) is -4.78. The molecule has 0 saturated heterocycles. The van der Waals surface area contributed by atoms with E-state index < -0.39 is 60.2 Å². The monoisotopic (exact) mass is 628 g/mol. The number of hydrogen-bond donors (Lipinski definition) is 4. The van der Waals surface area contributed by atoms with E-state index in [0.717, 1.165) is 18.2 Å². The number of ketones is 1. The third kappa shape index (κ3) is 11.6. The molecule has 0 aromatic heterocycles. The minimum absolute atomic E-state index is 0.0218. The summed E-state index contributed by atoms with van der Waals surface area (Å²) in [6.45, 7) is 4.62. The van der Waals surface area contributed by atoms with E-state index in [1.54, 1.807) is 39.0 Å². The highest BCUT2D eigenvalue weighted by Crippen LogP contribution is 2.25. The minimum atomic E-state index is -4.99. The molecule has 15 heteroatoms. The van der Waals surface area contributed by atoms with Gasteiger partial charge in [0.05, 0.1) is 20.3 Å². The smallest absolute Gasteiger partial charge is 0.497 e. The van der Waals surface area contributed by atoms with Crippen molar-refractivity contribution in [2.45, 2.75) is 65.1 Å². The molecule has 0 spiro atoms. The second-order valence-corrected chi connectivity index (χ2v) is 10.0. The van der Waals surface area contributed by atoms with Crippen molar-refractivity contribution < 1.29 is 51.0 Å². The predicted molar refractivity (Wildman–Crippen MR) is 150 cm³/mol. The highest BCUT2D eigenvalue weighted by atomic mass is 19.4. The molecule has 2 aromatic rings. The lowest BCUT2D eigenvalue weighted by atomic mass is 10.0. The number of Topliss-reactive ketones (excluding diaryl/α,β-unsaturated/α-hetero) is 1. The molecular formula is C29H36F4N4O7. The van der Waals surface area contributed by atoms with Gasteiger partial charge in [0, 0.05) is 24.7 Å². The van der Waals surface area contributed by atoms with Gasteiger partial charge in [0.1, 0.15) is 29.1 Å². The number of benzene rings is 2. The van der Waals surface area contributed by atoms with Crippen LogP contribution in [0.25, 0.3) is 0 Å². The normalized spacial score (nSPS) is 12.5. The number of hydrogen-bond acceptors (Lipinski definition) is 7. The van der Waals surface area contributed by atoms with Crippen molar-refractivity contribution in [3.8, 4) is 17.2 Å². The molecule has 2 atom stereocenters. The van der Waals surface area contributed by atoms with E-state index >= 15 is 0 Å². The van der Waals surface area contributed by atoms with Gasteiger partial charge in [0.15, 0.2) is 0 Å². The Bertz CT molecular complexity index is 1300. The highest BCUT2D eigenvalue weighted by Gasteiger charge is 2.32. The summed E-state index contributed by atoms with van der Waals surface area (Å²) in [7, 11) is 2.94. The van der Waals surface area contributed by atoms with Gasteiger partial charge in [0.2, 0.25) is 11.7 Å². The Morgan fingerprint density at radius 2 is 1.48 bits per heavy atom. The van der Waals surface area contributed by atoms with Crippen LogP contribution >= 0.6 is 0 Å². The molecule has 4 amide bonds. The molecule has 2 rings (SSSR count). The molecule has 2 aromatic carbocycles. The Balaban J connectivity index is 2.02. The Hall–Kier alpha value is -4.56. The minimum Gasteiger partial charge on any atom is -0.497 e. The van der Waals surface area contributed by atoms with Crippen molar-refractivity contribution >= 4 is 23.6 Å². The van der Waals surface area contributed by atoms with E-state index in [1.807, 2.05) is 0 Å². The fourth-order valence-electron chi connectivity index (χ4n) is 3.99. The van der Waals surface area contributed by atoms with E-state index in [9.17, 15) is 36.7 Å². The first-order valence-corrected chi connectivity index (χ1v) is 13.6. The summed E-state index contributed by atoms with van der Waals surface area (Å²) in [5, 5.41) is 9.71. The molecule has 242 valence electrons. The van der Waals surface area contributed by atoms with Crippen LogP contribution in [0.1, 0.15) is 44.7 Å². The van der Waals surface area contributed by atoms with E-state index in [0.29, 0.717) is 17.1 Å². The number of rotatable bonds is 15. The van der Waals surface area contributed by atoms with Crippen LogP contribution in [-0.2, 0) is 27.5 Å². The van der Waals surface area contributed by atoms with E-state index in [2.05, 4.69) is 26.0 Å². The Labute approximate surface area is 252 Å². The number of amides is 4. The Kier molecular flexibility index (Phi) is 13.2. The average Bonchev–Trinajstić information content (AvgIpc) is 2.96. The summed E-state index contributed by atoms with van der Waals surface area (Å²) in [5.41, 5.74) is 0.313. The van der Waals surface area contributed by atoms with Crippen molar-refractivity contribution in [3.05, 3.63) is 53.3 Å². The summed E-state index contributed by atoms with van der Waals surface area (Å²) in [6, 6.07) is 4.01. The third-order valence-corrected chi connectivity index (χ3v) is 6.15. The van der Waals surface area contributed by atoms with Crippen molar-refractivity contribution in [2.75, 3.05) is 14.2 Å². The lowest BCUT2D eigenvalue weighted by molar-refractivity contribution is -0.274. The lowest BCUT2D eigenvalue weighted by Crippen LogP contribution is -2.55. The summed E-state index contributed by atoms with van der Waals surface area (Å²) in [5.74, 6) is -3.27. The van der Waals surface area contributed by atoms with Crippen LogP contribution in [-0.4, -0.2) is 56.3 Å². The van der Waals surface area contributed by atoms with Crippen LogP contribution in [0.15, 0.2) is 36.4 Å². The van der Waals surface area contributed by atoms with Gasteiger partial charge in [-0.1, -0.05) is 20.8 Å². The van der Waals surface area contributed by atoms with Gasteiger partial charge in [0.25, 0.3) is 5.91 Å². The zero-order chi connectivity index (χ0) is 33.0. The van der Waals surface area contributed by atoms with Crippen LogP contribution in [0.4, 0.5) is 22.4 Å². The Morgan fingerprint density at radius 3 is 2.02 bits per heavy atom. The second-order valence-electron chi connectivity index (χ2n) is 10.0. The number of halogens is 4. The number of urea groups is 1. The maximum Gasteiger partial charge on any atom is 0.573 e. The first-order chi connectivity index (χ1) is 20.6. The molecule has 0 radical (unpaired) electrons. The van der Waals surface area contributed by atoms with Gasteiger partial charge in [-0.2, -0.15) is 0 Å². The van der Waals surface area contributed by atoms with Crippen molar-refractivity contribution in [1.29, 1.82) is 0 Å². The molecule has 4 N–H and O–H groups in total. The highest BCUT2D eigenvalue weighted by molar-refractivity contribution is 6.38. The zero-order valence-electron chi connectivity index (χ0n) is 24.9. The molecule has 0 aliphatic carbocycles. The number of nitrogens with one attached hydrogen (secondary N) is 4. The van der Waals surface area contributed by atoms with E-state index in [-0.39, 0.29) is 30.9 Å². The second kappa shape index (κ2) is 16.3. The fourth-order valence-corrected chi connectivity index (χ4v) is 3.99. The SMILES string of the molecule is CCC(NC(=O)[C@H](CC(C)C)NC(=O)NCc1cc(OC(F)(F)F)ccc1F)C(=O)C(=O)NCc1cc(OC)cc(OC)c1. The summed E-state index contributed by atoms with van der Waals surface area (Å²) < 4.78 is 65.8. The maximum atomic E-state index is 14.1. The van der Waals surface area contributed by atoms with Crippen LogP contribution in [0.3, 0.4) is 0 Å². The van der Waals surface area contributed by atoms with E-state index in [4.69, 9.17) is 9.47 Å². The zero-order valence-corrected chi connectivity index (χ0v) is 24.9. The molecule has 44 heavy (non-hydrogen) atoms. The molecule has 1 unspecified atom stereocenters. The largest absolute Gasteiger partial charge is 0.573 e. The number of methoxy groups -OCH3 is 2. The predicted octanol–water partition coefficient (Wildman–Crippen LogP) is 3.74. The number of carbonyl (C=O) groups is 4. The molecule has 0 aliphatic rings. The van der Waals surface area contributed by atoms with Gasteiger partial charge in [-0.25, -0.2) is 9.18 Å². The first-order valence-electron chi connectivity index (χ1n) is 13.6. The molecule has 11 nitrogen and oxygen atoms in total. The number of ether oxygens (including phenoxy) is 3. The van der Waals surface area contributed by atoms with Crippen molar-refractivity contribution in [3.63, 3.8) is 0 Å². The molecule has 0 bridgehead atoms. The quantitative estimate of drug-likeness (QED) is 0.174. The standard InChI is InChI=1S/C29H36F4N4O7/c1-6-23(25(38)27(40)34-14-17-10-20(42-4)13-21(11-17)43-5)36-26(39)24(9-16(2)3)37-28(41)35-15-18-12-19(7-8-22(18)30)44-29(31,32)33/h7-8,10-13,16,23-24H,6,9,14-15H2,1-5H3,(H,34,40)(H,36,39)(H2,35,37,41)/t23?,24-/m0/s1. The lowest BCUT2D eigenvalue weighted by Gasteiger charge is -2.23. The van der Waals surface area contributed by atoms with Gasteiger partial charge < -0.3 is 35.5 Å². The van der Waals surface area contributed by atoms with Gasteiger partial charge in [-0.3, -0.25) is 14.4 Å². The van der Waals surface area contributed by atoms with Crippen LogP contribution in [0, 0.1) is 11.7 Å². The molecular weight excluding hydrogens is 592 g/mol. The van der Waals surface area contributed by atoms with Crippen molar-refractivity contribution in [2.24, 2.45) is 5.92 Å². The van der Waals surface area contributed by atoms with Crippen LogP contribution in [0.5, 0.6) is 17.2 Å². The summed E-state index contributed by atoms with van der Waals surface area (Å²) in [4.78, 5) is 51.1.